The molecule has 17 heavy (non-hydrogen) atoms. The van der Waals surface area contributed by atoms with E-state index in [-0.39, 0.29) is 0 Å². The molecule has 0 bridgehead atoms. The van der Waals surface area contributed by atoms with Crippen LogP contribution < -0.4 is 4.74 Å². The minimum absolute atomic E-state index is 0.851. The molecular weight excluding hydrogens is 208 g/mol. The predicted molar refractivity (Wildman–Crippen MR) is 70.4 cm³/mol. The average Bonchev–Trinajstić information content (AvgIpc) is 2.39. The predicted octanol–water partition coefficient (Wildman–Crippen LogP) is 3.99. The van der Waals surface area contributed by atoms with Crippen molar-refractivity contribution in [2.45, 2.75) is 19.8 Å². The maximum Gasteiger partial charge on any atom is 0.123 e. The van der Waals surface area contributed by atoms with E-state index in [2.05, 4.69) is 49.4 Å². The van der Waals surface area contributed by atoms with Crippen molar-refractivity contribution in [1.82, 2.24) is 0 Å². The summed E-state index contributed by atoms with van der Waals surface area (Å²) in [6.07, 6.45) is 2.28. The Morgan fingerprint density at radius 2 is 1.94 bits per heavy atom. The molecular formula is C16H16O. The largest absolute Gasteiger partial charge is 0.493 e. The van der Waals surface area contributed by atoms with Gasteiger partial charge >= 0.3 is 0 Å². The average molecular weight is 224 g/mol. The first kappa shape index (κ1) is 10.4. The molecule has 0 N–H and O–H groups in total. The summed E-state index contributed by atoms with van der Waals surface area (Å²) in [6, 6.07) is 15.1. The Morgan fingerprint density at radius 1 is 1.06 bits per heavy atom. The molecule has 0 spiro atoms. The number of hydrogen-bond acceptors (Lipinski definition) is 1. The first-order chi connectivity index (χ1) is 8.34. The molecule has 0 saturated heterocycles. The molecule has 2 aromatic rings. The van der Waals surface area contributed by atoms with Gasteiger partial charge < -0.3 is 4.74 Å². The molecule has 86 valence electrons. The van der Waals surface area contributed by atoms with Gasteiger partial charge in [-0.15, -0.1) is 0 Å². The highest BCUT2D eigenvalue weighted by molar-refractivity contribution is 5.69. The van der Waals surface area contributed by atoms with Crippen molar-refractivity contribution in [2.24, 2.45) is 0 Å². The third-order valence-electron chi connectivity index (χ3n) is 3.37. The van der Waals surface area contributed by atoms with E-state index in [1.54, 1.807) is 0 Å². The summed E-state index contributed by atoms with van der Waals surface area (Å²) in [7, 11) is 0. The van der Waals surface area contributed by atoms with Gasteiger partial charge in [-0.05, 0) is 48.1 Å². The number of aryl methyl sites for hydroxylation is 2. The summed E-state index contributed by atoms with van der Waals surface area (Å²) >= 11 is 0. The summed E-state index contributed by atoms with van der Waals surface area (Å²) in [5.74, 6) is 1.07. The highest BCUT2D eigenvalue weighted by Crippen LogP contribution is 2.31. The zero-order valence-corrected chi connectivity index (χ0v) is 10.1. The van der Waals surface area contributed by atoms with Gasteiger partial charge in [0, 0.05) is 0 Å². The zero-order valence-electron chi connectivity index (χ0n) is 10.1. The fraction of sp³-hybridized carbons (Fsp3) is 0.250. The summed E-state index contributed by atoms with van der Waals surface area (Å²) in [4.78, 5) is 0. The first-order valence-electron chi connectivity index (χ1n) is 6.16. The molecule has 1 aliphatic heterocycles. The molecule has 0 aromatic heterocycles. The minimum atomic E-state index is 0.851. The number of ether oxygens (including phenoxy) is 1. The Balaban J connectivity index is 2.07. The van der Waals surface area contributed by atoms with Crippen LogP contribution >= 0.6 is 0 Å². The number of hydrogen-bond donors (Lipinski definition) is 0. The van der Waals surface area contributed by atoms with Crippen LogP contribution in [0.2, 0.25) is 0 Å². The smallest absolute Gasteiger partial charge is 0.123 e. The van der Waals surface area contributed by atoms with Crippen LogP contribution in [0.25, 0.3) is 11.1 Å². The van der Waals surface area contributed by atoms with E-state index in [9.17, 15) is 0 Å². The fourth-order valence-corrected chi connectivity index (χ4v) is 2.40. The molecule has 0 radical (unpaired) electrons. The molecule has 1 nitrogen and oxygen atoms in total. The van der Waals surface area contributed by atoms with Crippen molar-refractivity contribution < 1.29 is 4.74 Å². The van der Waals surface area contributed by atoms with E-state index in [0.29, 0.717) is 0 Å². The van der Waals surface area contributed by atoms with Gasteiger partial charge in [-0.1, -0.05) is 36.4 Å². The SMILES string of the molecule is Cc1ccccc1-c1ccc2c(c1)OCCC2. The van der Waals surface area contributed by atoms with Crippen LogP contribution in [-0.2, 0) is 6.42 Å². The second-order valence-corrected chi connectivity index (χ2v) is 4.59. The summed E-state index contributed by atoms with van der Waals surface area (Å²) in [6.45, 7) is 3.00. The molecule has 0 aliphatic carbocycles. The van der Waals surface area contributed by atoms with E-state index in [0.717, 1.165) is 25.2 Å². The maximum absolute atomic E-state index is 5.73. The molecule has 0 atom stereocenters. The van der Waals surface area contributed by atoms with Crippen LogP contribution in [0.15, 0.2) is 42.5 Å². The van der Waals surface area contributed by atoms with Crippen molar-refractivity contribution in [3.8, 4) is 16.9 Å². The van der Waals surface area contributed by atoms with Crippen LogP contribution in [0, 0.1) is 6.92 Å². The van der Waals surface area contributed by atoms with Crippen LogP contribution in [-0.4, -0.2) is 6.61 Å². The Morgan fingerprint density at radius 3 is 2.82 bits per heavy atom. The molecule has 0 saturated carbocycles. The van der Waals surface area contributed by atoms with E-state index >= 15 is 0 Å². The van der Waals surface area contributed by atoms with Crippen molar-refractivity contribution in [2.75, 3.05) is 6.61 Å². The maximum atomic E-state index is 5.73. The van der Waals surface area contributed by atoms with Crippen LogP contribution in [0.1, 0.15) is 17.5 Å². The molecule has 2 aromatic carbocycles. The second kappa shape index (κ2) is 4.25. The number of benzene rings is 2. The van der Waals surface area contributed by atoms with Crippen molar-refractivity contribution in [3.63, 3.8) is 0 Å². The molecule has 3 rings (SSSR count). The van der Waals surface area contributed by atoms with Crippen molar-refractivity contribution in [1.29, 1.82) is 0 Å². The van der Waals surface area contributed by atoms with Crippen LogP contribution in [0.3, 0.4) is 0 Å². The van der Waals surface area contributed by atoms with Gasteiger partial charge in [0.05, 0.1) is 6.61 Å². The van der Waals surface area contributed by atoms with Crippen molar-refractivity contribution in [3.05, 3.63) is 53.6 Å². The highest BCUT2D eigenvalue weighted by atomic mass is 16.5. The van der Waals surface area contributed by atoms with Crippen LogP contribution in [0.5, 0.6) is 5.75 Å². The monoisotopic (exact) mass is 224 g/mol. The minimum Gasteiger partial charge on any atom is -0.493 e. The lowest BCUT2D eigenvalue weighted by Crippen LogP contribution is -2.08. The highest BCUT2D eigenvalue weighted by Gasteiger charge is 2.11. The fourth-order valence-electron chi connectivity index (χ4n) is 2.40. The topological polar surface area (TPSA) is 9.23 Å². The summed E-state index contributed by atoms with van der Waals surface area (Å²) in [5, 5.41) is 0. The van der Waals surface area contributed by atoms with E-state index in [1.165, 1.54) is 22.3 Å². The second-order valence-electron chi connectivity index (χ2n) is 4.59. The van der Waals surface area contributed by atoms with Gasteiger partial charge in [-0.2, -0.15) is 0 Å². The number of rotatable bonds is 1. The van der Waals surface area contributed by atoms with Gasteiger partial charge in [0.2, 0.25) is 0 Å². The normalized spacial score (nSPS) is 13.9. The van der Waals surface area contributed by atoms with Gasteiger partial charge in [0.1, 0.15) is 5.75 Å². The van der Waals surface area contributed by atoms with E-state index in [1.807, 2.05) is 0 Å². The Hall–Kier alpha value is -1.76. The third kappa shape index (κ3) is 1.93. The molecule has 1 aliphatic rings. The van der Waals surface area contributed by atoms with Gasteiger partial charge in [-0.25, -0.2) is 0 Å². The summed E-state index contributed by atoms with van der Waals surface area (Å²) < 4.78 is 5.73. The molecule has 0 amide bonds. The standard InChI is InChI=1S/C16H16O/c1-12-5-2-3-7-15(12)14-9-8-13-6-4-10-17-16(13)11-14/h2-3,5,7-9,11H,4,6,10H2,1H3. The van der Waals surface area contributed by atoms with Crippen molar-refractivity contribution >= 4 is 0 Å². The van der Waals surface area contributed by atoms with Gasteiger partial charge in [0.15, 0.2) is 0 Å². The van der Waals surface area contributed by atoms with E-state index < -0.39 is 0 Å². The van der Waals surface area contributed by atoms with E-state index in [4.69, 9.17) is 4.74 Å². The van der Waals surface area contributed by atoms with Gasteiger partial charge in [0.25, 0.3) is 0 Å². The lowest BCUT2D eigenvalue weighted by Gasteiger charge is -2.18. The Kier molecular flexibility index (Phi) is 2.60. The number of fused-ring (bicyclic) bond motifs is 1. The lowest BCUT2D eigenvalue weighted by atomic mass is 9.97. The first-order valence-corrected chi connectivity index (χ1v) is 6.16. The molecule has 0 unspecified atom stereocenters. The third-order valence-corrected chi connectivity index (χ3v) is 3.37. The quantitative estimate of drug-likeness (QED) is 0.711. The summed E-state index contributed by atoms with van der Waals surface area (Å²) in [5.41, 5.74) is 5.20. The molecule has 0 fully saturated rings. The molecule has 1 heteroatoms. The lowest BCUT2D eigenvalue weighted by molar-refractivity contribution is 0.288. The Labute approximate surface area is 102 Å². The molecule has 1 heterocycles. The van der Waals surface area contributed by atoms with Gasteiger partial charge in [-0.3, -0.25) is 0 Å². The van der Waals surface area contributed by atoms with Crippen LogP contribution in [0.4, 0.5) is 0 Å². The zero-order chi connectivity index (χ0) is 11.7. The Bertz CT molecular complexity index is 543.